The van der Waals surface area contributed by atoms with Gasteiger partial charge in [0.2, 0.25) is 0 Å². The molecule has 2 aliphatic heterocycles. The fourth-order valence-electron chi connectivity index (χ4n) is 3.75. The summed E-state index contributed by atoms with van der Waals surface area (Å²) in [5.74, 6) is 0.274. The quantitative estimate of drug-likeness (QED) is 0.895. The minimum absolute atomic E-state index is 0.0683. The fourth-order valence-corrected chi connectivity index (χ4v) is 4.33. The van der Waals surface area contributed by atoms with Gasteiger partial charge in [-0.1, -0.05) is 0 Å². The van der Waals surface area contributed by atoms with E-state index >= 15 is 0 Å². The monoisotopic (exact) mass is 309 g/mol. The third kappa shape index (κ3) is 2.84. The Hall–Kier alpha value is -0.980. The molecule has 1 N–H and O–H groups in total. The third-order valence-electron chi connectivity index (χ3n) is 5.32. The first kappa shape index (κ1) is 14.9. The van der Waals surface area contributed by atoms with Crippen LogP contribution in [0.1, 0.15) is 28.9 Å². The Morgan fingerprint density at radius 1 is 1.43 bits per heavy atom. The molecule has 21 heavy (non-hydrogen) atoms. The number of piperidine rings is 2. The van der Waals surface area contributed by atoms with Crippen LogP contribution in [-0.4, -0.2) is 65.6 Å². The Labute approximate surface area is 129 Å². The molecular weight excluding hydrogens is 286 g/mol. The van der Waals surface area contributed by atoms with Gasteiger partial charge in [-0.3, -0.25) is 9.78 Å². The minimum Gasteiger partial charge on any atom is -0.396 e. The van der Waals surface area contributed by atoms with Crippen LogP contribution in [0, 0.1) is 11.3 Å². The van der Waals surface area contributed by atoms with Crippen LogP contribution < -0.4 is 0 Å². The molecule has 2 saturated heterocycles. The summed E-state index contributed by atoms with van der Waals surface area (Å²) >= 11 is 1.39. The normalized spacial score (nSPS) is 26.2. The number of rotatable bonds is 2. The van der Waals surface area contributed by atoms with E-state index in [4.69, 9.17) is 0 Å². The molecule has 3 heterocycles. The maximum atomic E-state index is 12.5. The Morgan fingerprint density at radius 3 is 2.76 bits per heavy atom. The van der Waals surface area contributed by atoms with Crippen LogP contribution in [0.4, 0.5) is 0 Å². The van der Waals surface area contributed by atoms with Crippen molar-refractivity contribution in [1.82, 2.24) is 14.8 Å². The summed E-state index contributed by atoms with van der Waals surface area (Å²) in [6.07, 6.45) is 4.92. The second kappa shape index (κ2) is 6.02. The number of hydrogen-bond acceptors (Lipinski definition) is 5. The molecule has 1 spiro atoms. The second-order valence-electron chi connectivity index (χ2n) is 6.41. The summed E-state index contributed by atoms with van der Waals surface area (Å²) in [4.78, 5) is 21.4. The first-order valence-electron chi connectivity index (χ1n) is 7.62. The lowest BCUT2D eigenvalue weighted by Gasteiger charge is -2.51. The van der Waals surface area contributed by atoms with Crippen molar-refractivity contribution in [3.05, 3.63) is 16.6 Å². The zero-order valence-corrected chi connectivity index (χ0v) is 13.3. The highest BCUT2D eigenvalue weighted by molar-refractivity contribution is 7.11. The number of hydrogen-bond donors (Lipinski definition) is 1. The summed E-state index contributed by atoms with van der Waals surface area (Å²) in [5.41, 5.74) is 1.92. The summed E-state index contributed by atoms with van der Waals surface area (Å²) in [6, 6.07) is 0. The first-order valence-corrected chi connectivity index (χ1v) is 8.50. The van der Waals surface area contributed by atoms with Crippen molar-refractivity contribution in [3.63, 3.8) is 0 Å². The van der Waals surface area contributed by atoms with Crippen molar-refractivity contribution in [2.24, 2.45) is 11.3 Å². The summed E-state index contributed by atoms with van der Waals surface area (Å²) in [7, 11) is 2.16. The number of carbonyl (C=O) groups excluding carboxylic acids is 1. The average Bonchev–Trinajstić information content (AvgIpc) is 3.04. The van der Waals surface area contributed by atoms with E-state index in [0.717, 1.165) is 38.9 Å². The van der Waals surface area contributed by atoms with E-state index in [9.17, 15) is 9.90 Å². The van der Waals surface area contributed by atoms with Gasteiger partial charge in [-0.15, -0.1) is 11.3 Å². The van der Waals surface area contributed by atoms with E-state index in [1.54, 1.807) is 11.7 Å². The summed E-state index contributed by atoms with van der Waals surface area (Å²) in [5, 5.41) is 9.84. The lowest BCUT2D eigenvalue weighted by atomic mass is 9.64. The highest BCUT2D eigenvalue weighted by atomic mass is 32.1. The number of nitrogens with zero attached hydrogens (tertiary/aromatic N) is 3. The SMILES string of the molecule is CN1CCC2(CC1)CCN(C(=O)c1cncs1)C[C@@H]2CO. The maximum Gasteiger partial charge on any atom is 0.265 e. The van der Waals surface area contributed by atoms with Gasteiger partial charge in [0.25, 0.3) is 5.91 Å². The number of aliphatic hydroxyl groups is 1. The van der Waals surface area contributed by atoms with Crippen molar-refractivity contribution in [2.75, 3.05) is 39.8 Å². The fraction of sp³-hybridized carbons (Fsp3) is 0.733. The molecule has 0 unspecified atom stereocenters. The minimum atomic E-state index is 0.0683. The predicted molar refractivity (Wildman–Crippen MR) is 82.4 cm³/mol. The number of carbonyl (C=O) groups is 1. The Balaban J connectivity index is 1.70. The molecule has 6 heteroatoms. The highest BCUT2D eigenvalue weighted by Gasteiger charge is 2.45. The topological polar surface area (TPSA) is 56.7 Å². The highest BCUT2D eigenvalue weighted by Crippen LogP contribution is 2.45. The van der Waals surface area contributed by atoms with Gasteiger partial charge >= 0.3 is 0 Å². The van der Waals surface area contributed by atoms with Gasteiger partial charge in [-0.25, -0.2) is 0 Å². The lowest BCUT2D eigenvalue weighted by Crippen LogP contribution is -2.54. The van der Waals surface area contributed by atoms with Crippen molar-refractivity contribution in [1.29, 1.82) is 0 Å². The van der Waals surface area contributed by atoms with E-state index in [-0.39, 0.29) is 23.8 Å². The molecule has 5 nitrogen and oxygen atoms in total. The average molecular weight is 309 g/mol. The van der Waals surface area contributed by atoms with Crippen LogP contribution in [0.2, 0.25) is 0 Å². The van der Waals surface area contributed by atoms with Gasteiger partial charge in [-0.05, 0) is 44.8 Å². The molecular formula is C15H23N3O2S. The molecule has 116 valence electrons. The van der Waals surface area contributed by atoms with Gasteiger partial charge in [0.15, 0.2) is 0 Å². The number of aromatic nitrogens is 1. The molecule has 0 radical (unpaired) electrons. The second-order valence-corrected chi connectivity index (χ2v) is 7.30. The van der Waals surface area contributed by atoms with Gasteiger partial charge in [-0.2, -0.15) is 0 Å². The summed E-state index contributed by atoms with van der Waals surface area (Å²) in [6.45, 7) is 3.85. The molecule has 1 atom stereocenters. The van der Waals surface area contributed by atoms with E-state index in [2.05, 4.69) is 16.9 Å². The van der Waals surface area contributed by atoms with Crippen LogP contribution in [0.15, 0.2) is 11.7 Å². The maximum absolute atomic E-state index is 12.5. The molecule has 0 aromatic carbocycles. The molecule has 2 fully saturated rings. The van der Waals surface area contributed by atoms with Crippen LogP contribution in [0.3, 0.4) is 0 Å². The molecule has 0 bridgehead atoms. The number of likely N-dealkylation sites (tertiary alicyclic amines) is 2. The number of thiazole rings is 1. The third-order valence-corrected chi connectivity index (χ3v) is 6.08. The van der Waals surface area contributed by atoms with E-state index in [1.165, 1.54) is 11.3 Å². The van der Waals surface area contributed by atoms with Crippen molar-refractivity contribution in [2.45, 2.75) is 19.3 Å². The van der Waals surface area contributed by atoms with E-state index < -0.39 is 0 Å². The molecule has 0 saturated carbocycles. The van der Waals surface area contributed by atoms with Gasteiger partial charge < -0.3 is 14.9 Å². The van der Waals surface area contributed by atoms with E-state index in [1.807, 2.05) is 4.90 Å². The van der Waals surface area contributed by atoms with Crippen molar-refractivity contribution >= 4 is 17.2 Å². The van der Waals surface area contributed by atoms with Gasteiger partial charge in [0, 0.05) is 25.6 Å². The molecule has 2 aliphatic rings. The molecule has 3 rings (SSSR count). The number of amides is 1. The lowest BCUT2D eigenvalue weighted by molar-refractivity contribution is -0.0312. The summed E-state index contributed by atoms with van der Waals surface area (Å²) < 4.78 is 0. The van der Waals surface area contributed by atoms with Crippen LogP contribution in [0.25, 0.3) is 0 Å². The molecule has 0 aliphatic carbocycles. The van der Waals surface area contributed by atoms with E-state index in [0.29, 0.717) is 11.4 Å². The zero-order valence-electron chi connectivity index (χ0n) is 12.5. The Morgan fingerprint density at radius 2 is 2.14 bits per heavy atom. The first-order chi connectivity index (χ1) is 10.1. The van der Waals surface area contributed by atoms with Crippen molar-refractivity contribution in [3.8, 4) is 0 Å². The predicted octanol–water partition coefficient (Wildman–Crippen LogP) is 1.31. The smallest absolute Gasteiger partial charge is 0.265 e. The van der Waals surface area contributed by atoms with Crippen LogP contribution >= 0.6 is 11.3 Å². The van der Waals surface area contributed by atoms with Crippen molar-refractivity contribution < 1.29 is 9.90 Å². The number of aliphatic hydroxyl groups excluding tert-OH is 1. The zero-order chi connectivity index (χ0) is 14.9. The molecule has 1 aromatic rings. The van der Waals surface area contributed by atoms with Crippen LogP contribution in [-0.2, 0) is 0 Å². The Kier molecular flexibility index (Phi) is 4.28. The van der Waals surface area contributed by atoms with Gasteiger partial charge in [0.1, 0.15) is 4.88 Å². The Bertz CT molecular complexity index is 483. The molecule has 1 aromatic heterocycles. The van der Waals surface area contributed by atoms with Crippen LogP contribution in [0.5, 0.6) is 0 Å². The standard InChI is InChI=1S/C15H23N3O2S/c1-17-5-2-15(3-6-17)4-7-18(9-12(15)10-19)14(20)13-8-16-11-21-13/h8,11-12,19H,2-7,9-10H2,1H3/t12-/m1/s1. The molecule has 1 amide bonds. The van der Waals surface area contributed by atoms with Gasteiger partial charge in [0.05, 0.1) is 11.7 Å². The largest absolute Gasteiger partial charge is 0.396 e.